The number of hydrogen-bond donors (Lipinski definition) is 1. The summed E-state index contributed by atoms with van der Waals surface area (Å²) in [6, 6.07) is 12.0. The highest BCUT2D eigenvalue weighted by Crippen LogP contribution is 2.19. The lowest BCUT2D eigenvalue weighted by Crippen LogP contribution is -2.14. The molecule has 0 unspecified atom stereocenters. The van der Waals surface area contributed by atoms with Crippen LogP contribution >= 0.6 is 0 Å². The minimum absolute atomic E-state index is 0.0963. The lowest BCUT2D eigenvalue weighted by Gasteiger charge is -2.08. The van der Waals surface area contributed by atoms with Crippen LogP contribution < -0.4 is 5.63 Å². The molecule has 0 amide bonds. The summed E-state index contributed by atoms with van der Waals surface area (Å²) in [6.07, 6.45) is 3.61. The van der Waals surface area contributed by atoms with E-state index in [4.69, 9.17) is 4.42 Å². The standard InChI is InChI=1S/C19H15NO6S/c1-13-12-17(22)18(19(23)26-13)16(21)10-9-14-6-5-11-20(14)27(24,25)15-7-3-2-4-8-15/h2-12,22H,1H3. The van der Waals surface area contributed by atoms with E-state index in [9.17, 15) is 23.1 Å². The van der Waals surface area contributed by atoms with Gasteiger partial charge in [0.2, 0.25) is 0 Å². The monoisotopic (exact) mass is 385 g/mol. The van der Waals surface area contributed by atoms with Crippen molar-refractivity contribution in [3.8, 4) is 5.75 Å². The largest absolute Gasteiger partial charge is 0.507 e. The first-order valence-corrected chi connectivity index (χ1v) is 9.29. The Balaban J connectivity index is 1.96. The summed E-state index contributed by atoms with van der Waals surface area (Å²) in [7, 11) is -3.84. The van der Waals surface area contributed by atoms with Gasteiger partial charge in [-0.2, -0.15) is 0 Å². The van der Waals surface area contributed by atoms with Crippen LogP contribution in [0.4, 0.5) is 0 Å². The van der Waals surface area contributed by atoms with Gasteiger partial charge in [-0.3, -0.25) is 4.79 Å². The third kappa shape index (κ3) is 3.61. The zero-order chi connectivity index (χ0) is 19.6. The maximum absolute atomic E-state index is 12.7. The van der Waals surface area contributed by atoms with Crippen LogP contribution in [0.15, 0.2) is 74.9 Å². The molecule has 1 N–H and O–H groups in total. The van der Waals surface area contributed by atoms with Crippen LogP contribution in [-0.4, -0.2) is 23.3 Å². The molecule has 0 saturated carbocycles. The molecule has 7 nitrogen and oxygen atoms in total. The summed E-state index contributed by atoms with van der Waals surface area (Å²) >= 11 is 0. The third-order valence-corrected chi connectivity index (χ3v) is 5.47. The fraction of sp³-hybridized carbons (Fsp3) is 0.0526. The molecule has 0 radical (unpaired) electrons. The maximum atomic E-state index is 12.7. The van der Waals surface area contributed by atoms with Crippen LogP contribution in [0.3, 0.4) is 0 Å². The highest BCUT2D eigenvalue weighted by atomic mass is 32.2. The van der Waals surface area contributed by atoms with Gasteiger partial charge in [-0.15, -0.1) is 0 Å². The molecule has 0 spiro atoms. The average Bonchev–Trinajstić information content (AvgIpc) is 3.09. The predicted molar refractivity (Wildman–Crippen MR) is 98.2 cm³/mol. The highest BCUT2D eigenvalue weighted by Gasteiger charge is 2.19. The van der Waals surface area contributed by atoms with E-state index in [1.54, 1.807) is 18.2 Å². The molecule has 138 valence electrons. The van der Waals surface area contributed by atoms with Crippen LogP contribution in [-0.2, 0) is 10.0 Å². The Morgan fingerprint density at radius 3 is 2.52 bits per heavy atom. The molecule has 0 atom stereocenters. The molecular formula is C19H15NO6S. The lowest BCUT2D eigenvalue weighted by atomic mass is 10.1. The van der Waals surface area contributed by atoms with Crippen molar-refractivity contribution in [1.82, 2.24) is 3.97 Å². The smallest absolute Gasteiger partial charge is 0.351 e. The first kappa shape index (κ1) is 18.4. The first-order chi connectivity index (χ1) is 12.8. The van der Waals surface area contributed by atoms with Crippen molar-refractivity contribution in [2.75, 3.05) is 0 Å². The van der Waals surface area contributed by atoms with Crippen molar-refractivity contribution in [3.05, 3.63) is 88.2 Å². The second-order valence-electron chi connectivity index (χ2n) is 5.65. The number of aromatic hydroxyl groups is 1. The molecule has 0 bridgehead atoms. The van der Waals surface area contributed by atoms with Crippen LogP contribution in [0.25, 0.3) is 6.08 Å². The summed E-state index contributed by atoms with van der Waals surface area (Å²) in [4.78, 5) is 24.1. The molecule has 0 fully saturated rings. The van der Waals surface area contributed by atoms with Gasteiger partial charge in [0.25, 0.3) is 10.0 Å². The second-order valence-corrected chi connectivity index (χ2v) is 7.46. The third-order valence-electron chi connectivity index (χ3n) is 3.75. The van der Waals surface area contributed by atoms with Gasteiger partial charge in [0, 0.05) is 12.3 Å². The molecule has 0 saturated heterocycles. The lowest BCUT2D eigenvalue weighted by molar-refractivity contribution is 0.104. The SMILES string of the molecule is Cc1cc(O)c(C(=O)C=Cc2cccn2S(=O)(=O)c2ccccc2)c(=O)o1. The zero-order valence-electron chi connectivity index (χ0n) is 14.2. The van der Waals surface area contributed by atoms with Crippen molar-refractivity contribution in [3.63, 3.8) is 0 Å². The number of allylic oxidation sites excluding steroid dienone is 1. The van der Waals surface area contributed by atoms with Gasteiger partial charge in [0.15, 0.2) is 5.78 Å². The molecule has 27 heavy (non-hydrogen) atoms. The molecule has 1 aromatic carbocycles. The van der Waals surface area contributed by atoms with Crippen LogP contribution in [0.5, 0.6) is 5.75 Å². The molecule has 3 aromatic rings. The van der Waals surface area contributed by atoms with Crippen molar-refractivity contribution in [1.29, 1.82) is 0 Å². The van der Waals surface area contributed by atoms with E-state index in [1.165, 1.54) is 43.5 Å². The van der Waals surface area contributed by atoms with Gasteiger partial charge in [-0.05, 0) is 43.3 Å². The fourth-order valence-electron chi connectivity index (χ4n) is 2.50. The van der Waals surface area contributed by atoms with Crippen LogP contribution in [0, 0.1) is 6.92 Å². The molecular weight excluding hydrogens is 370 g/mol. The minimum atomic E-state index is -3.84. The predicted octanol–water partition coefficient (Wildman–Crippen LogP) is 2.59. The molecule has 2 heterocycles. The van der Waals surface area contributed by atoms with E-state index in [2.05, 4.69) is 0 Å². The normalized spacial score (nSPS) is 11.7. The molecule has 8 heteroatoms. The number of ketones is 1. The Morgan fingerprint density at radius 2 is 1.85 bits per heavy atom. The van der Waals surface area contributed by atoms with Crippen LogP contribution in [0.1, 0.15) is 21.8 Å². The summed E-state index contributed by atoms with van der Waals surface area (Å²) in [6.45, 7) is 1.46. The zero-order valence-corrected chi connectivity index (χ0v) is 15.0. The summed E-state index contributed by atoms with van der Waals surface area (Å²) in [5, 5.41) is 9.82. The van der Waals surface area contributed by atoms with Gasteiger partial charge in [0.1, 0.15) is 17.1 Å². The number of aromatic nitrogens is 1. The summed E-state index contributed by atoms with van der Waals surface area (Å²) < 4.78 is 31.3. The minimum Gasteiger partial charge on any atom is -0.507 e. The Bertz CT molecular complexity index is 1190. The van der Waals surface area contributed by atoms with Crippen molar-refractivity contribution >= 4 is 21.9 Å². The fourth-order valence-corrected chi connectivity index (χ4v) is 3.86. The van der Waals surface area contributed by atoms with E-state index in [-0.39, 0.29) is 16.3 Å². The van der Waals surface area contributed by atoms with Gasteiger partial charge < -0.3 is 9.52 Å². The Morgan fingerprint density at radius 1 is 1.15 bits per heavy atom. The Labute approximate surface area is 154 Å². The number of aryl methyl sites for hydroxylation is 1. The van der Waals surface area contributed by atoms with Crippen molar-refractivity contribution < 1.29 is 22.7 Å². The average molecular weight is 385 g/mol. The number of nitrogens with zero attached hydrogens (tertiary/aromatic N) is 1. The maximum Gasteiger partial charge on any atom is 0.351 e. The van der Waals surface area contributed by atoms with E-state index in [0.29, 0.717) is 0 Å². The molecule has 0 aliphatic heterocycles. The van der Waals surface area contributed by atoms with E-state index in [0.717, 1.165) is 16.1 Å². The number of hydrogen-bond acceptors (Lipinski definition) is 6. The topological polar surface area (TPSA) is 107 Å². The number of rotatable bonds is 5. The van der Waals surface area contributed by atoms with Gasteiger partial charge >= 0.3 is 5.63 Å². The van der Waals surface area contributed by atoms with Crippen molar-refractivity contribution in [2.45, 2.75) is 11.8 Å². The Hall–Kier alpha value is -3.39. The molecule has 2 aromatic heterocycles. The van der Waals surface area contributed by atoms with Gasteiger partial charge in [0.05, 0.1) is 10.6 Å². The summed E-state index contributed by atoms with van der Waals surface area (Å²) in [5.74, 6) is -1.13. The van der Waals surface area contributed by atoms with E-state index in [1.807, 2.05) is 0 Å². The van der Waals surface area contributed by atoms with E-state index >= 15 is 0 Å². The molecule has 0 aliphatic carbocycles. The highest BCUT2D eigenvalue weighted by molar-refractivity contribution is 7.90. The van der Waals surface area contributed by atoms with Gasteiger partial charge in [-0.1, -0.05) is 18.2 Å². The van der Waals surface area contributed by atoms with E-state index < -0.39 is 32.7 Å². The molecule has 3 rings (SSSR count). The first-order valence-electron chi connectivity index (χ1n) is 7.85. The van der Waals surface area contributed by atoms with Crippen LogP contribution in [0.2, 0.25) is 0 Å². The summed E-state index contributed by atoms with van der Waals surface area (Å²) in [5.41, 5.74) is -1.27. The van der Waals surface area contributed by atoms with Gasteiger partial charge in [-0.25, -0.2) is 17.2 Å². The number of benzene rings is 1. The molecule has 0 aliphatic rings. The quantitative estimate of drug-likeness (QED) is 0.534. The Kier molecular flexibility index (Phi) is 4.83. The second kappa shape index (κ2) is 7.08. The number of carbonyl (C=O) groups is 1. The van der Waals surface area contributed by atoms with Crippen molar-refractivity contribution in [2.24, 2.45) is 0 Å². The number of carbonyl (C=O) groups excluding carboxylic acids is 1.